The number of morpholine rings is 1. The van der Waals surface area contributed by atoms with Crippen LogP contribution in [0.1, 0.15) is 52.8 Å². The molecule has 10 heteroatoms. The second kappa shape index (κ2) is 11.8. The molecular formula is C28H35N3O7. The zero-order valence-corrected chi connectivity index (χ0v) is 22.3. The van der Waals surface area contributed by atoms with Gasteiger partial charge in [-0.1, -0.05) is 12.1 Å². The normalized spacial score (nSPS) is 19.7. The molecule has 2 fully saturated rings. The minimum atomic E-state index is -0.823. The van der Waals surface area contributed by atoms with Crippen molar-refractivity contribution in [3.63, 3.8) is 0 Å². The number of ether oxygens (including phenoxy) is 3. The molecule has 2 aromatic rings. The number of aromatic amines is 1. The van der Waals surface area contributed by atoms with Crippen LogP contribution in [0.5, 0.6) is 5.75 Å². The molecule has 1 atom stereocenters. The van der Waals surface area contributed by atoms with Gasteiger partial charge in [0, 0.05) is 37.4 Å². The largest absolute Gasteiger partial charge is 0.507 e. The van der Waals surface area contributed by atoms with E-state index in [4.69, 9.17) is 14.2 Å². The van der Waals surface area contributed by atoms with Crippen LogP contribution in [-0.2, 0) is 19.1 Å². The van der Waals surface area contributed by atoms with Crippen molar-refractivity contribution in [3.05, 3.63) is 57.9 Å². The van der Waals surface area contributed by atoms with E-state index in [9.17, 15) is 19.5 Å². The third kappa shape index (κ3) is 5.32. The summed E-state index contributed by atoms with van der Waals surface area (Å²) in [6.07, 6.45) is 0. The van der Waals surface area contributed by atoms with Crippen molar-refractivity contribution in [2.75, 3.05) is 52.6 Å². The molecule has 10 nitrogen and oxygen atoms in total. The lowest BCUT2D eigenvalue weighted by Gasteiger charge is -2.31. The lowest BCUT2D eigenvalue weighted by molar-refractivity contribution is -0.140. The summed E-state index contributed by atoms with van der Waals surface area (Å²) >= 11 is 0. The van der Waals surface area contributed by atoms with E-state index in [0.29, 0.717) is 61.0 Å². The number of aromatic nitrogens is 1. The smallest absolute Gasteiger partial charge is 0.355 e. The van der Waals surface area contributed by atoms with E-state index in [1.807, 2.05) is 13.0 Å². The molecular weight excluding hydrogens is 490 g/mol. The van der Waals surface area contributed by atoms with Gasteiger partial charge >= 0.3 is 5.97 Å². The first kappa shape index (κ1) is 27.4. The Morgan fingerprint density at radius 1 is 1.13 bits per heavy atom. The van der Waals surface area contributed by atoms with Crippen molar-refractivity contribution in [1.29, 1.82) is 0 Å². The van der Waals surface area contributed by atoms with Gasteiger partial charge in [0.2, 0.25) is 0 Å². The summed E-state index contributed by atoms with van der Waals surface area (Å²) in [6.45, 7) is 11.2. The minimum Gasteiger partial charge on any atom is -0.507 e. The van der Waals surface area contributed by atoms with Crippen LogP contribution in [-0.4, -0.2) is 90.2 Å². The maximum absolute atomic E-state index is 13.5. The number of benzene rings is 1. The Bertz CT molecular complexity index is 1240. The number of esters is 1. The number of aliphatic hydroxyl groups is 1. The number of H-pyrrole nitrogens is 1. The van der Waals surface area contributed by atoms with Crippen LogP contribution in [0.3, 0.4) is 0 Å². The van der Waals surface area contributed by atoms with Crippen molar-refractivity contribution in [2.45, 2.75) is 33.7 Å². The highest BCUT2D eigenvalue weighted by atomic mass is 16.5. The highest BCUT2D eigenvalue weighted by Crippen LogP contribution is 2.41. The Morgan fingerprint density at radius 2 is 1.87 bits per heavy atom. The summed E-state index contributed by atoms with van der Waals surface area (Å²) in [5, 5.41) is 11.6. The molecule has 2 aliphatic heterocycles. The van der Waals surface area contributed by atoms with Gasteiger partial charge in [-0.05, 0) is 51.0 Å². The third-order valence-electron chi connectivity index (χ3n) is 6.94. The van der Waals surface area contributed by atoms with Crippen LogP contribution in [0.25, 0.3) is 5.76 Å². The molecule has 38 heavy (non-hydrogen) atoms. The summed E-state index contributed by atoms with van der Waals surface area (Å²) in [7, 11) is 0. The number of likely N-dealkylation sites (tertiary alicyclic amines) is 1. The van der Waals surface area contributed by atoms with Crippen LogP contribution in [0, 0.1) is 13.8 Å². The van der Waals surface area contributed by atoms with Crippen LogP contribution < -0.4 is 4.74 Å². The van der Waals surface area contributed by atoms with Crippen LogP contribution in [0.15, 0.2) is 29.8 Å². The number of nitrogens with zero attached hydrogens (tertiary/aromatic N) is 2. The lowest BCUT2D eigenvalue weighted by atomic mass is 9.94. The van der Waals surface area contributed by atoms with E-state index >= 15 is 0 Å². The first-order valence-electron chi connectivity index (χ1n) is 13.0. The first-order valence-corrected chi connectivity index (χ1v) is 13.0. The fourth-order valence-corrected chi connectivity index (χ4v) is 5.12. The molecule has 1 amide bonds. The predicted octanol–water partition coefficient (Wildman–Crippen LogP) is 2.96. The molecule has 0 radical (unpaired) electrons. The molecule has 2 N–H and O–H groups in total. The standard InChI is InChI=1S/C28H35N3O7/c1-5-37-20-9-7-8-19(16-20)24-22(25(32)21-17(3)23(29-18(21)4)28(35)38-6-2)26(33)27(34)31(24)11-10-30-12-14-36-15-13-30/h7-9,16,24,29,32H,5-6,10-15H2,1-4H3. The van der Waals surface area contributed by atoms with Crippen molar-refractivity contribution in [3.8, 4) is 5.75 Å². The Hall–Kier alpha value is -3.63. The number of carbonyl (C=O) groups is 3. The topological polar surface area (TPSA) is 121 Å². The van der Waals surface area contributed by atoms with Gasteiger partial charge in [-0.25, -0.2) is 4.79 Å². The predicted molar refractivity (Wildman–Crippen MR) is 140 cm³/mol. The number of aryl methyl sites for hydroxylation is 1. The molecule has 0 aliphatic carbocycles. The molecule has 0 saturated carbocycles. The molecule has 204 valence electrons. The number of carbonyl (C=O) groups excluding carboxylic acids is 3. The summed E-state index contributed by atoms with van der Waals surface area (Å²) in [4.78, 5) is 45.9. The summed E-state index contributed by atoms with van der Waals surface area (Å²) in [5.41, 5.74) is 2.07. The average Bonchev–Trinajstić information content (AvgIpc) is 3.35. The Morgan fingerprint density at radius 3 is 2.55 bits per heavy atom. The molecule has 4 rings (SSSR count). The third-order valence-corrected chi connectivity index (χ3v) is 6.94. The van der Waals surface area contributed by atoms with E-state index < -0.39 is 23.7 Å². The van der Waals surface area contributed by atoms with Gasteiger partial charge in [0.05, 0.1) is 38.0 Å². The van der Waals surface area contributed by atoms with Gasteiger partial charge in [0.25, 0.3) is 11.7 Å². The second-order valence-corrected chi connectivity index (χ2v) is 9.30. The van der Waals surface area contributed by atoms with Crippen molar-refractivity contribution in [2.24, 2.45) is 0 Å². The number of Topliss-reactive ketones (excluding diaryl/α,β-unsaturated/α-hetero) is 1. The molecule has 2 saturated heterocycles. The van der Waals surface area contributed by atoms with Gasteiger partial charge in [-0.3, -0.25) is 14.5 Å². The lowest BCUT2D eigenvalue weighted by Crippen LogP contribution is -2.42. The number of aliphatic hydroxyl groups excluding tert-OH is 1. The van der Waals surface area contributed by atoms with Gasteiger partial charge in [-0.15, -0.1) is 0 Å². The van der Waals surface area contributed by atoms with Crippen molar-refractivity contribution < 1.29 is 33.7 Å². The summed E-state index contributed by atoms with van der Waals surface area (Å²) < 4.78 is 16.2. The average molecular weight is 526 g/mol. The molecule has 0 bridgehead atoms. The van der Waals surface area contributed by atoms with E-state index in [2.05, 4.69) is 9.88 Å². The Balaban J connectivity index is 1.80. The highest BCUT2D eigenvalue weighted by molar-refractivity contribution is 6.46. The zero-order valence-electron chi connectivity index (χ0n) is 22.3. The molecule has 0 spiro atoms. The fourth-order valence-electron chi connectivity index (χ4n) is 5.12. The summed E-state index contributed by atoms with van der Waals surface area (Å²) in [6, 6.07) is 6.38. The maximum Gasteiger partial charge on any atom is 0.355 e. The molecule has 2 aliphatic rings. The molecule has 3 heterocycles. The minimum absolute atomic E-state index is 0.0220. The van der Waals surface area contributed by atoms with Gasteiger partial charge in [0.1, 0.15) is 17.2 Å². The quantitative estimate of drug-likeness (QED) is 0.222. The van der Waals surface area contributed by atoms with E-state index in [1.165, 1.54) is 4.90 Å². The van der Waals surface area contributed by atoms with Crippen molar-refractivity contribution >= 4 is 23.4 Å². The highest BCUT2D eigenvalue weighted by Gasteiger charge is 2.46. The van der Waals surface area contributed by atoms with E-state index in [-0.39, 0.29) is 23.6 Å². The van der Waals surface area contributed by atoms with Gasteiger partial charge in [-0.2, -0.15) is 0 Å². The maximum atomic E-state index is 13.5. The monoisotopic (exact) mass is 525 g/mol. The molecule has 1 unspecified atom stereocenters. The fraction of sp³-hybridized carbons (Fsp3) is 0.464. The molecule has 1 aromatic carbocycles. The van der Waals surface area contributed by atoms with Crippen LogP contribution >= 0.6 is 0 Å². The second-order valence-electron chi connectivity index (χ2n) is 9.30. The molecule has 1 aromatic heterocycles. The number of amides is 1. The van der Waals surface area contributed by atoms with Crippen molar-refractivity contribution in [1.82, 2.24) is 14.8 Å². The number of ketones is 1. The SMILES string of the molecule is CCOC(=O)c1[nH]c(C)c(C(O)=C2C(=O)C(=O)N(CCN3CCOCC3)C2c2cccc(OCC)c2)c1C. The Labute approximate surface area is 222 Å². The number of hydrogen-bond donors (Lipinski definition) is 2. The number of rotatable bonds is 9. The van der Waals surface area contributed by atoms with E-state index in [0.717, 1.165) is 13.1 Å². The number of nitrogens with one attached hydrogen (secondary N) is 1. The Kier molecular flexibility index (Phi) is 8.53. The first-order chi connectivity index (χ1) is 18.3. The summed E-state index contributed by atoms with van der Waals surface area (Å²) in [5.74, 6) is -1.73. The zero-order chi connectivity index (χ0) is 27.4. The number of hydrogen-bond acceptors (Lipinski definition) is 8. The van der Waals surface area contributed by atoms with Gasteiger partial charge < -0.3 is 29.2 Å². The van der Waals surface area contributed by atoms with Crippen LogP contribution in [0.2, 0.25) is 0 Å². The van der Waals surface area contributed by atoms with Gasteiger partial charge in [0.15, 0.2) is 0 Å². The van der Waals surface area contributed by atoms with E-state index in [1.54, 1.807) is 39.0 Å². The van der Waals surface area contributed by atoms with Crippen LogP contribution in [0.4, 0.5) is 0 Å².